The second kappa shape index (κ2) is 5.25. The first kappa shape index (κ1) is 16.2. The van der Waals surface area contributed by atoms with Crippen molar-refractivity contribution in [2.24, 2.45) is 28.7 Å². The molecule has 0 aromatic rings. The van der Waals surface area contributed by atoms with Crippen molar-refractivity contribution in [3.63, 3.8) is 0 Å². The molecular weight excluding hydrogens is 270 g/mol. The van der Waals surface area contributed by atoms with Crippen molar-refractivity contribution >= 4 is 11.8 Å². The van der Waals surface area contributed by atoms with Crippen molar-refractivity contribution in [1.29, 1.82) is 0 Å². The Balaban J connectivity index is 2.19. The largest absolute Gasteiger partial charge is 0.377 e. The van der Waals surface area contributed by atoms with Crippen LogP contribution in [0.3, 0.4) is 0 Å². The zero-order valence-corrected chi connectivity index (χ0v) is 13.3. The fourth-order valence-electron chi connectivity index (χ4n) is 3.86. The third kappa shape index (κ3) is 2.25. The Bertz CT molecular complexity index is 449. The molecule has 1 aliphatic heterocycles. The third-order valence-corrected chi connectivity index (χ3v) is 5.32. The second-order valence-electron chi connectivity index (χ2n) is 7.23. The number of carbonyl (C=O) groups is 2. The molecule has 4 atom stereocenters. The minimum Gasteiger partial charge on any atom is -0.377 e. The first-order chi connectivity index (χ1) is 9.64. The lowest BCUT2D eigenvalue weighted by atomic mass is 9.46. The molecule has 4 unspecified atom stereocenters. The Kier molecular flexibility index (Phi) is 4.06. The van der Waals surface area contributed by atoms with E-state index in [1.807, 2.05) is 27.7 Å². The third-order valence-electron chi connectivity index (χ3n) is 5.32. The van der Waals surface area contributed by atoms with Crippen LogP contribution in [0.1, 0.15) is 40.5 Å². The Labute approximate surface area is 126 Å². The Morgan fingerprint density at radius 2 is 1.95 bits per heavy atom. The highest BCUT2D eigenvalue weighted by molar-refractivity contribution is 5.93. The lowest BCUT2D eigenvalue weighted by Crippen LogP contribution is -2.83. The number of rotatable bonds is 4. The van der Waals surface area contributed by atoms with Crippen LogP contribution in [-0.2, 0) is 14.3 Å². The van der Waals surface area contributed by atoms with Gasteiger partial charge in [-0.2, -0.15) is 0 Å². The molecule has 2 aliphatic rings. The van der Waals surface area contributed by atoms with Gasteiger partial charge in [0, 0.05) is 17.9 Å². The maximum absolute atomic E-state index is 12.7. The van der Waals surface area contributed by atoms with E-state index in [2.05, 4.69) is 5.32 Å². The lowest BCUT2D eigenvalue weighted by Gasteiger charge is -2.65. The molecule has 2 rings (SSSR count). The van der Waals surface area contributed by atoms with E-state index in [0.717, 1.165) is 19.4 Å². The van der Waals surface area contributed by atoms with E-state index in [1.165, 1.54) is 0 Å². The van der Waals surface area contributed by atoms with E-state index in [-0.39, 0.29) is 23.8 Å². The number of hydrogen-bond acceptors (Lipinski definition) is 4. The molecule has 2 amide bonds. The summed E-state index contributed by atoms with van der Waals surface area (Å²) in [5.41, 5.74) is 10.4. The van der Waals surface area contributed by atoms with E-state index >= 15 is 0 Å². The predicted molar refractivity (Wildman–Crippen MR) is 79.1 cm³/mol. The zero-order chi connectivity index (χ0) is 16.0. The molecule has 1 aliphatic carbocycles. The minimum absolute atomic E-state index is 0.00180. The van der Waals surface area contributed by atoms with Gasteiger partial charge in [0.1, 0.15) is 11.6 Å². The van der Waals surface area contributed by atoms with Gasteiger partial charge in [-0.3, -0.25) is 9.59 Å². The van der Waals surface area contributed by atoms with Gasteiger partial charge in [-0.15, -0.1) is 0 Å². The van der Waals surface area contributed by atoms with Crippen molar-refractivity contribution in [1.82, 2.24) is 5.32 Å². The van der Waals surface area contributed by atoms with E-state index < -0.39 is 22.9 Å². The fourth-order valence-corrected chi connectivity index (χ4v) is 3.86. The highest BCUT2D eigenvalue weighted by Crippen LogP contribution is 2.57. The van der Waals surface area contributed by atoms with Gasteiger partial charge in [-0.1, -0.05) is 27.7 Å². The molecule has 5 N–H and O–H groups in total. The molecule has 120 valence electrons. The lowest BCUT2D eigenvalue weighted by molar-refractivity contribution is -0.225. The number of ether oxygens (including phenoxy) is 1. The molecule has 0 aromatic carbocycles. The van der Waals surface area contributed by atoms with Crippen LogP contribution in [0.15, 0.2) is 0 Å². The Morgan fingerprint density at radius 3 is 2.48 bits per heavy atom. The smallest absolute Gasteiger partial charge is 0.241 e. The second-order valence-corrected chi connectivity index (χ2v) is 7.23. The molecule has 1 heterocycles. The summed E-state index contributed by atoms with van der Waals surface area (Å²) in [7, 11) is 0. The summed E-state index contributed by atoms with van der Waals surface area (Å²) in [6.07, 6.45) is 1.79. The minimum atomic E-state index is -1.01. The van der Waals surface area contributed by atoms with Gasteiger partial charge >= 0.3 is 0 Å². The monoisotopic (exact) mass is 297 g/mol. The normalized spacial score (nSPS) is 35.5. The maximum atomic E-state index is 12.7. The molecule has 21 heavy (non-hydrogen) atoms. The van der Waals surface area contributed by atoms with Crippen LogP contribution < -0.4 is 16.8 Å². The van der Waals surface area contributed by atoms with Crippen molar-refractivity contribution in [2.75, 3.05) is 6.61 Å². The summed E-state index contributed by atoms with van der Waals surface area (Å²) < 4.78 is 5.79. The highest BCUT2D eigenvalue weighted by Gasteiger charge is 2.70. The van der Waals surface area contributed by atoms with E-state index in [9.17, 15) is 9.59 Å². The number of nitrogens with two attached hydrogens (primary N) is 2. The summed E-state index contributed by atoms with van der Waals surface area (Å²) in [5, 5.41) is 2.75. The van der Waals surface area contributed by atoms with Gasteiger partial charge in [0.25, 0.3) is 0 Å². The number of nitrogens with one attached hydrogen (secondary N) is 1. The summed E-state index contributed by atoms with van der Waals surface area (Å²) >= 11 is 0. The van der Waals surface area contributed by atoms with Gasteiger partial charge < -0.3 is 21.5 Å². The number of carbonyl (C=O) groups excluding carboxylic acids is 2. The number of amides is 2. The van der Waals surface area contributed by atoms with Crippen LogP contribution >= 0.6 is 0 Å². The summed E-state index contributed by atoms with van der Waals surface area (Å²) in [5.74, 6) is -0.897. The van der Waals surface area contributed by atoms with Crippen LogP contribution in [0.4, 0.5) is 0 Å². The SMILES string of the molecule is CC(C)C(NC(=O)C1(N)C2CCCOC2C1(C)C)C(N)=O. The van der Waals surface area contributed by atoms with Crippen molar-refractivity contribution < 1.29 is 14.3 Å². The first-order valence-corrected chi connectivity index (χ1v) is 7.64. The van der Waals surface area contributed by atoms with Crippen molar-refractivity contribution in [3.05, 3.63) is 0 Å². The molecule has 2 fully saturated rings. The molecule has 0 aromatic heterocycles. The quantitative estimate of drug-likeness (QED) is 0.686. The molecule has 1 saturated carbocycles. The van der Waals surface area contributed by atoms with Crippen molar-refractivity contribution in [3.8, 4) is 0 Å². The van der Waals surface area contributed by atoms with Crippen LogP contribution in [0.5, 0.6) is 0 Å². The maximum Gasteiger partial charge on any atom is 0.241 e. The first-order valence-electron chi connectivity index (χ1n) is 7.64. The Morgan fingerprint density at radius 1 is 1.33 bits per heavy atom. The standard InChI is InChI=1S/C15H27N3O3/c1-8(2)10(12(16)19)18-13(20)15(17)9-6-5-7-21-11(9)14(15,3)4/h8-11H,5-7,17H2,1-4H3,(H2,16,19)(H,18,20). The van der Waals surface area contributed by atoms with Gasteiger partial charge in [-0.25, -0.2) is 0 Å². The van der Waals surface area contributed by atoms with Crippen LogP contribution in [0.25, 0.3) is 0 Å². The van der Waals surface area contributed by atoms with Gasteiger partial charge in [0.2, 0.25) is 11.8 Å². The topological polar surface area (TPSA) is 107 Å². The molecule has 6 nitrogen and oxygen atoms in total. The van der Waals surface area contributed by atoms with Crippen LogP contribution in [-0.4, -0.2) is 36.1 Å². The average molecular weight is 297 g/mol. The van der Waals surface area contributed by atoms with Crippen LogP contribution in [0.2, 0.25) is 0 Å². The molecule has 0 spiro atoms. The molecular formula is C15H27N3O3. The van der Waals surface area contributed by atoms with E-state index in [0.29, 0.717) is 0 Å². The summed E-state index contributed by atoms with van der Waals surface area (Å²) in [6.45, 7) is 8.31. The van der Waals surface area contributed by atoms with Crippen LogP contribution in [0, 0.1) is 17.3 Å². The highest BCUT2D eigenvalue weighted by atomic mass is 16.5. The predicted octanol–water partition coefficient (Wildman–Crippen LogP) is 0.145. The van der Waals surface area contributed by atoms with E-state index in [1.54, 1.807) is 0 Å². The summed E-state index contributed by atoms with van der Waals surface area (Å²) in [4.78, 5) is 24.2. The van der Waals surface area contributed by atoms with Gasteiger partial charge in [0.15, 0.2) is 0 Å². The van der Waals surface area contributed by atoms with E-state index in [4.69, 9.17) is 16.2 Å². The molecule has 6 heteroatoms. The average Bonchev–Trinajstić information content (AvgIpc) is 2.42. The fraction of sp³-hybridized carbons (Fsp3) is 0.867. The Hall–Kier alpha value is -1.14. The number of hydrogen-bond donors (Lipinski definition) is 3. The molecule has 0 bridgehead atoms. The van der Waals surface area contributed by atoms with Gasteiger partial charge in [-0.05, 0) is 18.8 Å². The number of fused-ring (bicyclic) bond motifs is 1. The van der Waals surface area contributed by atoms with Gasteiger partial charge in [0.05, 0.1) is 6.10 Å². The van der Waals surface area contributed by atoms with Crippen molar-refractivity contribution in [2.45, 2.75) is 58.2 Å². The zero-order valence-electron chi connectivity index (χ0n) is 13.3. The molecule has 0 radical (unpaired) electrons. The number of primary amides is 1. The summed E-state index contributed by atoms with van der Waals surface area (Å²) in [6, 6.07) is -0.697. The molecule has 1 saturated heterocycles.